The molecule has 0 aliphatic carbocycles. The van der Waals surface area contributed by atoms with E-state index >= 15 is 0 Å². The van der Waals surface area contributed by atoms with Gasteiger partial charge in [-0.3, -0.25) is 0 Å². The Morgan fingerprint density at radius 2 is 2.20 bits per heavy atom. The van der Waals surface area contributed by atoms with Crippen LogP contribution in [0.1, 0.15) is 29.7 Å². The van der Waals surface area contributed by atoms with Gasteiger partial charge in [0.1, 0.15) is 5.82 Å². The Labute approximate surface area is 132 Å². The van der Waals surface area contributed by atoms with Crippen LogP contribution in [-0.2, 0) is 6.42 Å². The molecule has 1 aromatic carbocycles. The lowest BCUT2D eigenvalue weighted by atomic mass is 9.94. The molecule has 0 saturated carbocycles. The molecule has 0 amide bonds. The molecule has 2 rings (SSSR count). The molecule has 0 aliphatic heterocycles. The maximum atomic E-state index is 13.4. The molecule has 0 fully saturated rings. The largest absolute Gasteiger partial charge is 0.316 e. The van der Waals surface area contributed by atoms with Gasteiger partial charge in [-0.25, -0.2) is 4.39 Å². The summed E-state index contributed by atoms with van der Waals surface area (Å²) in [7, 11) is 0. The van der Waals surface area contributed by atoms with Gasteiger partial charge in [0.2, 0.25) is 0 Å². The van der Waals surface area contributed by atoms with Crippen LogP contribution >= 0.6 is 27.3 Å². The summed E-state index contributed by atoms with van der Waals surface area (Å²) in [6.07, 6.45) is 2.04. The first kappa shape index (κ1) is 15.7. The molecule has 1 atom stereocenters. The second kappa shape index (κ2) is 7.91. The van der Waals surface area contributed by atoms with Crippen LogP contribution in [0.25, 0.3) is 0 Å². The molecule has 1 N–H and O–H groups in total. The molecule has 0 aliphatic rings. The van der Waals surface area contributed by atoms with Crippen LogP contribution in [0.15, 0.2) is 40.2 Å². The summed E-state index contributed by atoms with van der Waals surface area (Å²) >= 11 is 5.33. The Morgan fingerprint density at radius 3 is 2.85 bits per heavy atom. The van der Waals surface area contributed by atoms with Crippen LogP contribution in [0.4, 0.5) is 4.39 Å². The Hall–Kier alpha value is -0.710. The second-order valence-electron chi connectivity index (χ2n) is 4.85. The molecule has 4 heteroatoms. The van der Waals surface area contributed by atoms with Crippen LogP contribution in [0.3, 0.4) is 0 Å². The zero-order valence-corrected chi connectivity index (χ0v) is 13.9. The SMILES string of the molecule is CCCNCC(Cc1sccc1Br)c1cccc(F)c1. The van der Waals surface area contributed by atoms with Crippen molar-refractivity contribution in [3.05, 3.63) is 56.4 Å². The standard InChI is InChI=1S/C16H19BrFNS/c1-2-7-19-11-13(10-16-15(17)6-8-20-16)12-4-3-5-14(18)9-12/h3-6,8-9,13,19H,2,7,10-11H2,1H3. The highest BCUT2D eigenvalue weighted by atomic mass is 79.9. The molecule has 0 spiro atoms. The quantitative estimate of drug-likeness (QED) is 0.691. The van der Waals surface area contributed by atoms with Crippen molar-refractivity contribution in [2.24, 2.45) is 0 Å². The topological polar surface area (TPSA) is 12.0 Å². The van der Waals surface area contributed by atoms with Gasteiger partial charge >= 0.3 is 0 Å². The lowest BCUT2D eigenvalue weighted by Crippen LogP contribution is -2.23. The van der Waals surface area contributed by atoms with E-state index in [0.717, 1.165) is 36.0 Å². The summed E-state index contributed by atoms with van der Waals surface area (Å²) in [4.78, 5) is 1.32. The molecule has 1 heterocycles. The summed E-state index contributed by atoms with van der Waals surface area (Å²) in [6, 6.07) is 9.03. The van der Waals surface area contributed by atoms with E-state index in [1.54, 1.807) is 23.5 Å². The van der Waals surface area contributed by atoms with Crippen molar-refractivity contribution in [3.8, 4) is 0 Å². The third-order valence-corrected chi connectivity index (χ3v) is 5.21. The number of benzene rings is 1. The summed E-state index contributed by atoms with van der Waals surface area (Å²) < 4.78 is 14.6. The van der Waals surface area contributed by atoms with Gasteiger partial charge in [-0.15, -0.1) is 11.3 Å². The minimum atomic E-state index is -0.159. The lowest BCUT2D eigenvalue weighted by Gasteiger charge is -2.18. The van der Waals surface area contributed by atoms with E-state index < -0.39 is 0 Å². The zero-order valence-electron chi connectivity index (χ0n) is 11.5. The van der Waals surface area contributed by atoms with Crippen molar-refractivity contribution >= 4 is 27.3 Å². The number of hydrogen-bond donors (Lipinski definition) is 1. The second-order valence-corrected chi connectivity index (χ2v) is 6.71. The summed E-state index contributed by atoms with van der Waals surface area (Å²) in [5.74, 6) is 0.139. The molecule has 0 saturated heterocycles. The monoisotopic (exact) mass is 355 g/mol. The molecular weight excluding hydrogens is 337 g/mol. The molecule has 20 heavy (non-hydrogen) atoms. The van der Waals surface area contributed by atoms with E-state index in [2.05, 4.69) is 39.6 Å². The number of hydrogen-bond acceptors (Lipinski definition) is 2. The molecule has 1 unspecified atom stereocenters. The van der Waals surface area contributed by atoms with Crippen LogP contribution in [-0.4, -0.2) is 13.1 Å². The van der Waals surface area contributed by atoms with E-state index in [4.69, 9.17) is 0 Å². The van der Waals surface area contributed by atoms with Crippen molar-refractivity contribution in [2.75, 3.05) is 13.1 Å². The first-order valence-electron chi connectivity index (χ1n) is 6.88. The number of halogens is 2. The predicted molar refractivity (Wildman–Crippen MR) is 88.0 cm³/mol. The van der Waals surface area contributed by atoms with Crippen LogP contribution in [0.5, 0.6) is 0 Å². The Bertz CT molecular complexity index is 541. The molecule has 0 radical (unpaired) electrons. The fourth-order valence-electron chi connectivity index (χ4n) is 2.22. The van der Waals surface area contributed by atoms with Gasteiger partial charge in [-0.2, -0.15) is 0 Å². The van der Waals surface area contributed by atoms with Crippen LogP contribution < -0.4 is 5.32 Å². The average molecular weight is 356 g/mol. The molecule has 0 bridgehead atoms. The van der Waals surface area contributed by atoms with Crippen LogP contribution in [0.2, 0.25) is 0 Å². The maximum Gasteiger partial charge on any atom is 0.123 e. The van der Waals surface area contributed by atoms with Crippen molar-refractivity contribution in [1.29, 1.82) is 0 Å². The Morgan fingerprint density at radius 1 is 1.35 bits per heavy atom. The van der Waals surface area contributed by atoms with E-state index in [-0.39, 0.29) is 5.82 Å². The minimum Gasteiger partial charge on any atom is -0.316 e. The first-order chi connectivity index (χ1) is 9.70. The number of nitrogens with one attached hydrogen (secondary N) is 1. The van der Waals surface area contributed by atoms with Gasteiger partial charge in [0.05, 0.1) is 0 Å². The van der Waals surface area contributed by atoms with Gasteiger partial charge in [0.25, 0.3) is 0 Å². The van der Waals surface area contributed by atoms with Gasteiger partial charge in [-0.05, 0) is 64.5 Å². The van der Waals surface area contributed by atoms with E-state index in [1.807, 2.05) is 6.07 Å². The van der Waals surface area contributed by atoms with Gasteiger partial charge in [-0.1, -0.05) is 19.1 Å². The number of thiophene rings is 1. The highest BCUT2D eigenvalue weighted by Crippen LogP contribution is 2.29. The van der Waals surface area contributed by atoms with E-state index in [1.165, 1.54) is 10.9 Å². The molecule has 1 aromatic heterocycles. The maximum absolute atomic E-state index is 13.4. The van der Waals surface area contributed by atoms with Crippen molar-refractivity contribution in [3.63, 3.8) is 0 Å². The highest BCUT2D eigenvalue weighted by molar-refractivity contribution is 9.10. The fraction of sp³-hybridized carbons (Fsp3) is 0.375. The zero-order chi connectivity index (χ0) is 14.4. The summed E-state index contributed by atoms with van der Waals surface area (Å²) in [5.41, 5.74) is 1.06. The molecular formula is C16H19BrFNS. The number of rotatable bonds is 7. The average Bonchev–Trinajstić information content (AvgIpc) is 2.83. The molecule has 2 aromatic rings. The van der Waals surface area contributed by atoms with Gasteiger partial charge < -0.3 is 5.32 Å². The Balaban J connectivity index is 2.13. The Kier molecular flexibility index (Phi) is 6.20. The predicted octanol–water partition coefficient (Wildman–Crippen LogP) is 4.98. The lowest BCUT2D eigenvalue weighted by molar-refractivity contribution is 0.571. The summed E-state index contributed by atoms with van der Waals surface area (Å²) in [6.45, 7) is 4.03. The minimum absolute atomic E-state index is 0.159. The van der Waals surface area contributed by atoms with Gasteiger partial charge in [0, 0.05) is 21.8 Å². The summed E-state index contributed by atoms with van der Waals surface area (Å²) in [5, 5.41) is 5.54. The van der Waals surface area contributed by atoms with E-state index in [9.17, 15) is 4.39 Å². The van der Waals surface area contributed by atoms with Crippen LogP contribution in [0, 0.1) is 5.82 Å². The smallest absolute Gasteiger partial charge is 0.123 e. The third-order valence-electron chi connectivity index (χ3n) is 3.26. The molecule has 108 valence electrons. The molecule has 1 nitrogen and oxygen atoms in total. The van der Waals surface area contributed by atoms with Gasteiger partial charge in [0.15, 0.2) is 0 Å². The van der Waals surface area contributed by atoms with E-state index in [0.29, 0.717) is 5.92 Å². The van der Waals surface area contributed by atoms with Crippen molar-refractivity contribution < 1.29 is 4.39 Å². The fourth-order valence-corrected chi connectivity index (χ4v) is 3.81. The highest BCUT2D eigenvalue weighted by Gasteiger charge is 2.15. The first-order valence-corrected chi connectivity index (χ1v) is 8.56. The van der Waals surface area contributed by atoms with Crippen molar-refractivity contribution in [2.45, 2.75) is 25.7 Å². The normalized spacial score (nSPS) is 12.6. The van der Waals surface area contributed by atoms with Crippen molar-refractivity contribution in [1.82, 2.24) is 5.32 Å². The third kappa shape index (κ3) is 4.40.